The van der Waals surface area contributed by atoms with Gasteiger partial charge in [-0.15, -0.1) is 12.6 Å². The van der Waals surface area contributed by atoms with E-state index in [4.69, 9.17) is 0 Å². The summed E-state index contributed by atoms with van der Waals surface area (Å²) in [7, 11) is 0. The number of thiol groups is 1. The van der Waals surface area contributed by atoms with Crippen LogP contribution < -0.4 is 0 Å². The van der Waals surface area contributed by atoms with Gasteiger partial charge in [0.25, 0.3) is 0 Å². The van der Waals surface area contributed by atoms with Crippen molar-refractivity contribution in [1.82, 2.24) is 0 Å². The van der Waals surface area contributed by atoms with Gasteiger partial charge in [-0.3, -0.25) is 0 Å². The second-order valence-electron chi connectivity index (χ2n) is 1.60. The van der Waals surface area contributed by atoms with Gasteiger partial charge in [0.05, 0.1) is 0 Å². The second-order valence-corrected chi connectivity index (χ2v) is 3.85. The van der Waals surface area contributed by atoms with E-state index in [0.717, 1.165) is 13.8 Å². The molecule has 0 fully saturated rings. The van der Waals surface area contributed by atoms with E-state index >= 15 is 0 Å². The van der Waals surface area contributed by atoms with Gasteiger partial charge in [0.15, 0.2) is 0 Å². The Kier molecular flexibility index (Phi) is 2.61. The van der Waals surface area contributed by atoms with Gasteiger partial charge in [-0.2, -0.15) is 0 Å². The van der Waals surface area contributed by atoms with Gasteiger partial charge in [0.1, 0.15) is 0 Å². The lowest BCUT2D eigenvalue weighted by molar-refractivity contribution is 1.40. The molecule has 3 heteroatoms. The van der Waals surface area contributed by atoms with Crippen LogP contribution in [0.15, 0.2) is 32.0 Å². The molecular formula is C6H4Br2S. The smallest absolute Gasteiger partial charge is 0.0309 e. The fourth-order valence-corrected chi connectivity index (χ4v) is 1.48. The summed E-state index contributed by atoms with van der Waals surface area (Å²) >= 11 is 10.8. The quantitative estimate of drug-likeness (QED) is 0.684. The molecule has 1 rings (SSSR count). The van der Waals surface area contributed by atoms with Crippen LogP contribution in [-0.4, -0.2) is 0 Å². The Labute approximate surface area is 76.3 Å². The largest absolute Gasteiger partial charge is 0.142 e. The summed E-state index contributed by atoms with van der Waals surface area (Å²) in [6, 6.07) is 5.85. The molecular weight excluding hydrogens is 264 g/mol. The molecule has 0 aromatic heterocycles. The zero-order valence-electron chi connectivity index (χ0n) is 4.44. The summed E-state index contributed by atoms with van der Waals surface area (Å²) in [6.07, 6.45) is 0. The third kappa shape index (κ3) is 1.99. The van der Waals surface area contributed by atoms with Crippen molar-refractivity contribution in [2.75, 3.05) is 0 Å². The van der Waals surface area contributed by atoms with Crippen LogP contribution in [0.25, 0.3) is 0 Å². The lowest BCUT2D eigenvalue weighted by Crippen LogP contribution is -1.68. The van der Waals surface area contributed by atoms with Crippen LogP contribution in [0.2, 0.25) is 0 Å². The molecule has 1 aromatic rings. The maximum Gasteiger partial charge on any atom is 0.0309 e. The molecule has 0 spiro atoms. The Balaban J connectivity index is 3.17. The van der Waals surface area contributed by atoms with Crippen LogP contribution in [-0.2, 0) is 0 Å². The first kappa shape index (κ1) is 7.63. The van der Waals surface area contributed by atoms with Crippen LogP contribution in [0, 0.1) is 0 Å². The van der Waals surface area contributed by atoms with Crippen molar-refractivity contribution in [3.05, 3.63) is 27.1 Å². The monoisotopic (exact) mass is 266 g/mol. The van der Waals surface area contributed by atoms with Crippen molar-refractivity contribution in [1.29, 1.82) is 0 Å². The maximum atomic E-state index is 4.19. The van der Waals surface area contributed by atoms with Gasteiger partial charge >= 0.3 is 0 Å². The summed E-state index contributed by atoms with van der Waals surface area (Å²) in [4.78, 5) is 0.948. The average molecular weight is 268 g/mol. The first-order chi connectivity index (χ1) is 4.20. The van der Waals surface area contributed by atoms with Gasteiger partial charge in [0, 0.05) is 13.8 Å². The van der Waals surface area contributed by atoms with Crippen LogP contribution >= 0.6 is 44.5 Å². The van der Waals surface area contributed by atoms with Crippen LogP contribution in [0.3, 0.4) is 0 Å². The Morgan fingerprint density at radius 2 is 1.89 bits per heavy atom. The fraction of sp³-hybridized carbons (Fsp3) is 0. The molecule has 0 aliphatic carbocycles. The van der Waals surface area contributed by atoms with Crippen LogP contribution in [0.4, 0.5) is 0 Å². The Hall–Kier alpha value is 0.530. The standard InChI is InChI=1S/C6H4Br2S/c7-4-1-2-5(8)6(9)3-4/h1-3,9H. The van der Waals surface area contributed by atoms with Gasteiger partial charge < -0.3 is 0 Å². The molecule has 0 aliphatic rings. The predicted molar refractivity (Wildman–Crippen MR) is 49.1 cm³/mol. The van der Waals surface area contributed by atoms with E-state index in [1.807, 2.05) is 18.2 Å². The molecule has 0 saturated carbocycles. The van der Waals surface area contributed by atoms with E-state index < -0.39 is 0 Å². The fourth-order valence-electron chi connectivity index (χ4n) is 0.486. The van der Waals surface area contributed by atoms with E-state index in [9.17, 15) is 0 Å². The van der Waals surface area contributed by atoms with Crippen molar-refractivity contribution < 1.29 is 0 Å². The van der Waals surface area contributed by atoms with Gasteiger partial charge in [0.2, 0.25) is 0 Å². The Bertz CT molecular complexity index is 222. The van der Waals surface area contributed by atoms with Gasteiger partial charge in [-0.1, -0.05) is 15.9 Å². The first-order valence-electron chi connectivity index (χ1n) is 2.34. The highest BCUT2D eigenvalue weighted by Crippen LogP contribution is 2.23. The van der Waals surface area contributed by atoms with Crippen LogP contribution in [0.5, 0.6) is 0 Å². The minimum absolute atomic E-state index is 0.948. The Morgan fingerprint density at radius 1 is 1.22 bits per heavy atom. The summed E-state index contributed by atoms with van der Waals surface area (Å²) in [5.41, 5.74) is 0. The molecule has 1 aromatic carbocycles. The molecule has 48 valence electrons. The normalized spacial score (nSPS) is 9.67. The molecule has 0 bridgehead atoms. The maximum absolute atomic E-state index is 4.19. The average Bonchev–Trinajstić information content (AvgIpc) is 1.80. The lowest BCUT2D eigenvalue weighted by atomic mass is 10.4. The SMILES string of the molecule is Sc1cc(Br)ccc1Br. The van der Waals surface area contributed by atoms with Crippen molar-refractivity contribution in [2.24, 2.45) is 0 Å². The first-order valence-corrected chi connectivity index (χ1v) is 4.37. The summed E-state index contributed by atoms with van der Waals surface area (Å²) in [5.74, 6) is 0. The van der Waals surface area contributed by atoms with Crippen molar-refractivity contribution in [3.63, 3.8) is 0 Å². The summed E-state index contributed by atoms with van der Waals surface area (Å²) in [5, 5.41) is 0. The lowest BCUT2D eigenvalue weighted by Gasteiger charge is -1.94. The molecule has 0 nitrogen and oxygen atoms in total. The van der Waals surface area contributed by atoms with Crippen LogP contribution in [0.1, 0.15) is 0 Å². The van der Waals surface area contributed by atoms with E-state index in [0.29, 0.717) is 0 Å². The molecule has 0 unspecified atom stereocenters. The second kappa shape index (κ2) is 3.08. The molecule has 0 aliphatic heterocycles. The van der Waals surface area contributed by atoms with Crippen molar-refractivity contribution in [3.8, 4) is 0 Å². The summed E-state index contributed by atoms with van der Waals surface area (Å²) in [6.45, 7) is 0. The van der Waals surface area contributed by atoms with E-state index in [1.165, 1.54) is 0 Å². The topological polar surface area (TPSA) is 0 Å². The highest BCUT2D eigenvalue weighted by atomic mass is 79.9. The zero-order chi connectivity index (χ0) is 6.85. The summed E-state index contributed by atoms with van der Waals surface area (Å²) < 4.78 is 2.07. The van der Waals surface area contributed by atoms with Crippen molar-refractivity contribution in [2.45, 2.75) is 4.90 Å². The molecule has 0 radical (unpaired) electrons. The highest BCUT2D eigenvalue weighted by Gasteiger charge is 1.92. The minimum atomic E-state index is 0.948. The predicted octanol–water partition coefficient (Wildman–Crippen LogP) is 3.50. The molecule has 0 N–H and O–H groups in total. The van der Waals surface area contributed by atoms with E-state index in [-0.39, 0.29) is 0 Å². The number of rotatable bonds is 0. The molecule has 0 saturated heterocycles. The van der Waals surface area contributed by atoms with Gasteiger partial charge in [-0.25, -0.2) is 0 Å². The number of hydrogen-bond donors (Lipinski definition) is 1. The number of halogens is 2. The number of hydrogen-bond acceptors (Lipinski definition) is 1. The highest BCUT2D eigenvalue weighted by molar-refractivity contribution is 9.11. The molecule has 0 heterocycles. The third-order valence-corrected chi connectivity index (χ3v) is 2.77. The molecule has 0 amide bonds. The van der Waals surface area contributed by atoms with E-state index in [1.54, 1.807) is 0 Å². The van der Waals surface area contributed by atoms with E-state index in [2.05, 4.69) is 44.5 Å². The Morgan fingerprint density at radius 3 is 2.33 bits per heavy atom. The zero-order valence-corrected chi connectivity index (χ0v) is 8.50. The molecule has 9 heavy (non-hydrogen) atoms. The van der Waals surface area contributed by atoms with Crippen molar-refractivity contribution >= 4 is 44.5 Å². The number of benzene rings is 1. The van der Waals surface area contributed by atoms with Gasteiger partial charge in [-0.05, 0) is 34.1 Å². The third-order valence-electron chi connectivity index (χ3n) is 0.908. The molecule has 0 atom stereocenters. The minimum Gasteiger partial charge on any atom is -0.142 e.